The van der Waals surface area contributed by atoms with Gasteiger partial charge < -0.3 is 9.47 Å². The molecule has 1 aromatic carbocycles. The van der Waals surface area contributed by atoms with Gasteiger partial charge in [-0.15, -0.1) is 0 Å². The molecule has 0 radical (unpaired) electrons. The highest BCUT2D eigenvalue weighted by molar-refractivity contribution is 9.09. The minimum absolute atomic E-state index is 0.0453. The van der Waals surface area contributed by atoms with E-state index in [4.69, 9.17) is 4.74 Å². The summed E-state index contributed by atoms with van der Waals surface area (Å²) in [5.41, 5.74) is 1.98. The van der Waals surface area contributed by atoms with Crippen molar-refractivity contribution in [1.82, 2.24) is 0 Å². The summed E-state index contributed by atoms with van der Waals surface area (Å²) in [6.45, 7) is 1.29. The lowest BCUT2D eigenvalue weighted by Gasteiger charge is -2.12. The zero-order valence-corrected chi connectivity index (χ0v) is 12.7. The monoisotopic (exact) mass is 334 g/mol. The van der Waals surface area contributed by atoms with Crippen LogP contribution in [0.1, 0.15) is 19.4 Å². The predicted molar refractivity (Wildman–Crippen MR) is 76.2 cm³/mol. The molecule has 0 saturated heterocycles. The van der Waals surface area contributed by atoms with Crippen molar-refractivity contribution in [1.29, 1.82) is 0 Å². The minimum atomic E-state index is -2.87. The molecule has 0 heterocycles. The molecule has 5 heteroatoms. The molecule has 1 aromatic rings. The molecule has 0 unspecified atom stereocenters. The van der Waals surface area contributed by atoms with E-state index in [2.05, 4.69) is 34.5 Å². The van der Waals surface area contributed by atoms with E-state index in [-0.39, 0.29) is 5.75 Å². The first-order chi connectivity index (χ1) is 8.97. The van der Waals surface area contributed by atoms with Gasteiger partial charge in [0.15, 0.2) is 11.5 Å². The molecule has 0 aliphatic heterocycles. The Morgan fingerprint density at radius 2 is 2.00 bits per heavy atom. The summed E-state index contributed by atoms with van der Waals surface area (Å²) in [7, 11) is 1.42. The third kappa shape index (κ3) is 4.82. The molecule has 0 fully saturated rings. The number of ether oxygens (including phenoxy) is 2. The van der Waals surface area contributed by atoms with Gasteiger partial charge in [-0.3, -0.25) is 0 Å². The van der Waals surface area contributed by atoms with Gasteiger partial charge >= 0.3 is 6.61 Å². The van der Waals surface area contributed by atoms with Gasteiger partial charge in [0.05, 0.1) is 7.11 Å². The van der Waals surface area contributed by atoms with Gasteiger partial charge in [-0.1, -0.05) is 47.5 Å². The summed E-state index contributed by atoms with van der Waals surface area (Å²) < 4.78 is 34.1. The lowest BCUT2D eigenvalue weighted by Crippen LogP contribution is -2.03. The Hall–Kier alpha value is -1.10. The Kier molecular flexibility index (Phi) is 6.28. The van der Waals surface area contributed by atoms with Gasteiger partial charge in [0.2, 0.25) is 0 Å². The number of benzene rings is 1. The van der Waals surface area contributed by atoms with Crippen LogP contribution in [0.25, 0.3) is 6.08 Å². The summed E-state index contributed by atoms with van der Waals surface area (Å²) in [4.78, 5) is 0. The lowest BCUT2D eigenvalue weighted by molar-refractivity contribution is -0.0512. The first kappa shape index (κ1) is 16.0. The van der Waals surface area contributed by atoms with E-state index in [0.29, 0.717) is 11.7 Å². The van der Waals surface area contributed by atoms with E-state index in [9.17, 15) is 8.78 Å². The maximum atomic E-state index is 12.3. The Bertz CT molecular complexity index is 445. The van der Waals surface area contributed by atoms with Crippen LogP contribution in [0.4, 0.5) is 8.78 Å². The SMILES string of the molecule is COc1ccc(C=C(CBr)C(C)C)cc1OC(F)F. The van der Waals surface area contributed by atoms with E-state index >= 15 is 0 Å². The molecule has 0 N–H and O–H groups in total. The topological polar surface area (TPSA) is 18.5 Å². The van der Waals surface area contributed by atoms with Crippen molar-refractivity contribution in [3.63, 3.8) is 0 Å². The van der Waals surface area contributed by atoms with Crippen molar-refractivity contribution >= 4 is 22.0 Å². The molecular weight excluding hydrogens is 318 g/mol. The second-order valence-electron chi connectivity index (χ2n) is 4.30. The normalized spacial score (nSPS) is 12.1. The van der Waals surface area contributed by atoms with E-state index in [1.54, 1.807) is 12.1 Å². The molecule has 0 atom stereocenters. The Labute approximate surface area is 120 Å². The van der Waals surface area contributed by atoms with Crippen molar-refractivity contribution in [3.8, 4) is 11.5 Å². The van der Waals surface area contributed by atoms with E-state index < -0.39 is 6.61 Å². The van der Waals surface area contributed by atoms with Gasteiger partial charge in [-0.05, 0) is 23.6 Å². The molecule has 0 aromatic heterocycles. The standard InChI is InChI=1S/C14H17BrF2O2/c1-9(2)11(8-15)6-10-4-5-12(18-3)13(7-10)19-14(16)17/h4-7,9,14H,8H2,1-3H3. The lowest BCUT2D eigenvalue weighted by atomic mass is 10.0. The van der Waals surface area contributed by atoms with Crippen molar-refractivity contribution < 1.29 is 18.3 Å². The van der Waals surface area contributed by atoms with Crippen LogP contribution < -0.4 is 9.47 Å². The second kappa shape index (κ2) is 7.48. The highest BCUT2D eigenvalue weighted by Crippen LogP contribution is 2.30. The van der Waals surface area contributed by atoms with Crippen LogP contribution in [0.2, 0.25) is 0 Å². The predicted octanol–water partition coefficient (Wildman–Crippen LogP) is 4.73. The Morgan fingerprint density at radius 1 is 1.32 bits per heavy atom. The van der Waals surface area contributed by atoms with Crippen LogP contribution in [0.15, 0.2) is 23.8 Å². The summed E-state index contributed by atoms with van der Waals surface area (Å²) in [6.07, 6.45) is 1.96. The molecule has 0 amide bonds. The molecule has 0 aliphatic carbocycles. The number of rotatable bonds is 6. The van der Waals surface area contributed by atoms with E-state index in [1.807, 2.05) is 12.1 Å². The fourth-order valence-electron chi connectivity index (χ4n) is 1.54. The van der Waals surface area contributed by atoms with E-state index in [0.717, 1.165) is 10.9 Å². The summed E-state index contributed by atoms with van der Waals surface area (Å²) in [6, 6.07) is 4.98. The number of hydrogen-bond donors (Lipinski definition) is 0. The molecule has 19 heavy (non-hydrogen) atoms. The molecule has 0 aliphatic rings. The molecule has 106 valence electrons. The largest absolute Gasteiger partial charge is 0.493 e. The molecular formula is C14H17BrF2O2. The fraction of sp³-hybridized carbons (Fsp3) is 0.429. The average molecular weight is 335 g/mol. The minimum Gasteiger partial charge on any atom is -0.493 e. The zero-order valence-electron chi connectivity index (χ0n) is 11.1. The Balaban J connectivity index is 3.10. The first-order valence-corrected chi connectivity index (χ1v) is 6.99. The van der Waals surface area contributed by atoms with Gasteiger partial charge in [-0.2, -0.15) is 8.78 Å². The molecule has 0 saturated carbocycles. The number of methoxy groups -OCH3 is 1. The van der Waals surface area contributed by atoms with Crippen LogP contribution in [0.5, 0.6) is 11.5 Å². The van der Waals surface area contributed by atoms with Crippen molar-refractivity contribution in [2.75, 3.05) is 12.4 Å². The van der Waals surface area contributed by atoms with Crippen LogP contribution in [-0.2, 0) is 0 Å². The third-order valence-corrected chi connectivity index (χ3v) is 3.30. The highest BCUT2D eigenvalue weighted by atomic mass is 79.9. The van der Waals surface area contributed by atoms with Crippen LogP contribution in [-0.4, -0.2) is 19.1 Å². The summed E-state index contributed by atoms with van der Waals surface area (Å²) >= 11 is 3.42. The molecule has 0 spiro atoms. The smallest absolute Gasteiger partial charge is 0.387 e. The highest BCUT2D eigenvalue weighted by Gasteiger charge is 2.11. The maximum Gasteiger partial charge on any atom is 0.387 e. The van der Waals surface area contributed by atoms with Gasteiger partial charge in [-0.25, -0.2) is 0 Å². The molecule has 1 rings (SSSR count). The maximum absolute atomic E-state index is 12.3. The van der Waals surface area contributed by atoms with Gasteiger partial charge in [0.25, 0.3) is 0 Å². The third-order valence-electron chi connectivity index (χ3n) is 2.65. The van der Waals surface area contributed by atoms with E-state index in [1.165, 1.54) is 12.7 Å². The first-order valence-electron chi connectivity index (χ1n) is 5.87. The summed E-state index contributed by atoms with van der Waals surface area (Å²) in [5.74, 6) is 0.715. The second-order valence-corrected chi connectivity index (χ2v) is 4.86. The van der Waals surface area contributed by atoms with Crippen LogP contribution in [0.3, 0.4) is 0 Å². The zero-order chi connectivity index (χ0) is 14.4. The quantitative estimate of drug-likeness (QED) is 0.700. The number of allylic oxidation sites excluding steroid dienone is 1. The Morgan fingerprint density at radius 3 is 2.47 bits per heavy atom. The summed E-state index contributed by atoms with van der Waals surface area (Å²) in [5, 5.41) is 0.738. The van der Waals surface area contributed by atoms with Crippen LogP contribution in [0, 0.1) is 5.92 Å². The number of hydrogen-bond acceptors (Lipinski definition) is 2. The average Bonchev–Trinajstić information content (AvgIpc) is 2.35. The van der Waals surface area contributed by atoms with Crippen molar-refractivity contribution in [3.05, 3.63) is 29.3 Å². The number of alkyl halides is 3. The molecule has 0 bridgehead atoms. The van der Waals surface area contributed by atoms with Gasteiger partial charge in [0, 0.05) is 5.33 Å². The fourth-order valence-corrected chi connectivity index (χ4v) is 2.35. The van der Waals surface area contributed by atoms with Crippen molar-refractivity contribution in [2.24, 2.45) is 5.92 Å². The van der Waals surface area contributed by atoms with Gasteiger partial charge in [0.1, 0.15) is 0 Å². The van der Waals surface area contributed by atoms with Crippen LogP contribution >= 0.6 is 15.9 Å². The molecule has 2 nitrogen and oxygen atoms in total. The number of halogens is 3. The van der Waals surface area contributed by atoms with Crippen molar-refractivity contribution in [2.45, 2.75) is 20.5 Å².